The molecule has 110 valence electrons. The van der Waals surface area contributed by atoms with Crippen LogP contribution in [0.2, 0.25) is 0 Å². The number of fused-ring (bicyclic) bond motifs is 1. The summed E-state index contributed by atoms with van der Waals surface area (Å²) in [5, 5.41) is 3.24. The maximum absolute atomic E-state index is 11.7. The molecule has 0 bridgehead atoms. The molecular weight excluding hydrogens is 278 g/mol. The van der Waals surface area contributed by atoms with Crippen LogP contribution >= 0.6 is 0 Å². The molecule has 2 aliphatic heterocycles. The monoisotopic (exact) mass is 297 g/mol. The number of sulfone groups is 1. The van der Waals surface area contributed by atoms with Gasteiger partial charge < -0.3 is 14.8 Å². The number of hydrogen-bond donors (Lipinski definition) is 1. The summed E-state index contributed by atoms with van der Waals surface area (Å²) >= 11 is 0. The van der Waals surface area contributed by atoms with E-state index in [-0.39, 0.29) is 17.7 Å². The van der Waals surface area contributed by atoms with E-state index in [1.165, 1.54) is 0 Å². The molecule has 2 atom stereocenters. The van der Waals surface area contributed by atoms with Crippen LogP contribution in [0.1, 0.15) is 18.0 Å². The molecule has 1 saturated heterocycles. The first-order valence-electron chi connectivity index (χ1n) is 6.86. The zero-order valence-corrected chi connectivity index (χ0v) is 12.3. The third-order valence-corrected chi connectivity index (χ3v) is 5.77. The molecule has 1 aromatic rings. The molecule has 6 heteroatoms. The van der Waals surface area contributed by atoms with E-state index in [1.807, 2.05) is 25.2 Å². The van der Waals surface area contributed by atoms with Crippen molar-refractivity contribution in [2.75, 3.05) is 31.8 Å². The fraction of sp³-hybridized carbons (Fsp3) is 0.571. The van der Waals surface area contributed by atoms with Gasteiger partial charge >= 0.3 is 0 Å². The molecule has 2 unspecified atom stereocenters. The Hall–Kier alpha value is -1.27. The highest BCUT2D eigenvalue weighted by molar-refractivity contribution is 7.91. The molecule has 5 nitrogen and oxygen atoms in total. The van der Waals surface area contributed by atoms with Crippen LogP contribution in [0, 0.1) is 5.92 Å². The van der Waals surface area contributed by atoms with Gasteiger partial charge in [0.1, 0.15) is 13.2 Å². The van der Waals surface area contributed by atoms with Crippen LogP contribution in [0.3, 0.4) is 0 Å². The molecule has 0 saturated carbocycles. The lowest BCUT2D eigenvalue weighted by molar-refractivity contribution is 0.171. The van der Waals surface area contributed by atoms with Crippen molar-refractivity contribution < 1.29 is 17.9 Å². The Labute approximate surface area is 119 Å². The highest BCUT2D eigenvalue weighted by Crippen LogP contribution is 2.37. The minimum absolute atomic E-state index is 0.0306. The van der Waals surface area contributed by atoms with Gasteiger partial charge in [-0.1, -0.05) is 6.07 Å². The number of benzene rings is 1. The predicted octanol–water partition coefficient (Wildman–Crippen LogP) is 1.15. The van der Waals surface area contributed by atoms with Crippen molar-refractivity contribution in [3.8, 4) is 11.5 Å². The zero-order valence-electron chi connectivity index (χ0n) is 11.5. The van der Waals surface area contributed by atoms with E-state index in [0.717, 1.165) is 17.1 Å². The number of rotatable bonds is 3. The second-order valence-electron chi connectivity index (χ2n) is 5.33. The van der Waals surface area contributed by atoms with Gasteiger partial charge in [-0.05, 0) is 37.1 Å². The summed E-state index contributed by atoms with van der Waals surface area (Å²) in [6.45, 7) is 1.13. The zero-order chi connectivity index (χ0) is 14.2. The fourth-order valence-corrected chi connectivity index (χ4v) is 4.85. The van der Waals surface area contributed by atoms with Gasteiger partial charge in [0.15, 0.2) is 21.3 Å². The minimum Gasteiger partial charge on any atom is -0.486 e. The summed E-state index contributed by atoms with van der Waals surface area (Å²) in [7, 11) is -1.00. The Morgan fingerprint density at radius 2 is 2.00 bits per heavy atom. The van der Waals surface area contributed by atoms with Crippen LogP contribution < -0.4 is 14.8 Å². The lowest BCUT2D eigenvalue weighted by Crippen LogP contribution is -2.26. The van der Waals surface area contributed by atoms with Gasteiger partial charge in [-0.2, -0.15) is 0 Å². The lowest BCUT2D eigenvalue weighted by atomic mass is 9.92. The Morgan fingerprint density at radius 1 is 1.25 bits per heavy atom. The first-order chi connectivity index (χ1) is 9.59. The second-order valence-corrected chi connectivity index (χ2v) is 7.56. The van der Waals surface area contributed by atoms with Crippen LogP contribution in [-0.4, -0.2) is 40.2 Å². The summed E-state index contributed by atoms with van der Waals surface area (Å²) in [5.74, 6) is 2.17. The molecule has 1 aromatic carbocycles. The molecule has 2 aliphatic rings. The van der Waals surface area contributed by atoms with Crippen molar-refractivity contribution in [3.05, 3.63) is 23.8 Å². The Kier molecular flexibility index (Phi) is 3.60. The summed E-state index contributed by atoms with van der Waals surface area (Å²) in [4.78, 5) is 0. The van der Waals surface area contributed by atoms with E-state index in [9.17, 15) is 8.42 Å². The third-order valence-electron chi connectivity index (χ3n) is 3.98. The Morgan fingerprint density at radius 3 is 2.65 bits per heavy atom. The molecular formula is C14H19NO4S. The lowest BCUT2D eigenvalue weighted by Gasteiger charge is -2.25. The van der Waals surface area contributed by atoms with E-state index < -0.39 is 9.84 Å². The van der Waals surface area contributed by atoms with E-state index in [2.05, 4.69) is 5.32 Å². The Balaban J connectivity index is 1.86. The van der Waals surface area contributed by atoms with Crippen LogP contribution in [0.4, 0.5) is 0 Å². The summed E-state index contributed by atoms with van der Waals surface area (Å²) in [5.41, 5.74) is 1.05. The van der Waals surface area contributed by atoms with Gasteiger partial charge in [0.25, 0.3) is 0 Å². The standard InChI is InChI=1S/C14H19NO4S/c1-15-14(11-4-7-20(16,17)9-11)10-2-3-12-13(8-10)19-6-5-18-12/h2-3,8,11,14-15H,4-7,9H2,1H3. The number of ether oxygens (including phenoxy) is 2. The summed E-state index contributed by atoms with van der Waals surface area (Å²) < 4.78 is 34.4. The van der Waals surface area contributed by atoms with Gasteiger partial charge in [-0.25, -0.2) is 8.42 Å². The van der Waals surface area contributed by atoms with E-state index >= 15 is 0 Å². The fourth-order valence-electron chi connectivity index (χ4n) is 3.01. The summed E-state index contributed by atoms with van der Waals surface area (Å²) in [6.07, 6.45) is 0.711. The van der Waals surface area contributed by atoms with Crippen molar-refractivity contribution in [2.24, 2.45) is 5.92 Å². The SMILES string of the molecule is CNC(c1ccc2c(c1)OCCO2)C1CCS(=O)(=O)C1. The normalized spacial score (nSPS) is 25.4. The summed E-state index contributed by atoms with van der Waals surface area (Å²) in [6, 6.07) is 5.88. The predicted molar refractivity (Wildman–Crippen MR) is 76.0 cm³/mol. The van der Waals surface area contributed by atoms with Gasteiger partial charge in [-0.3, -0.25) is 0 Å². The highest BCUT2D eigenvalue weighted by atomic mass is 32.2. The number of hydrogen-bond acceptors (Lipinski definition) is 5. The highest BCUT2D eigenvalue weighted by Gasteiger charge is 2.34. The van der Waals surface area contributed by atoms with E-state index in [0.29, 0.717) is 25.4 Å². The van der Waals surface area contributed by atoms with Crippen LogP contribution in [-0.2, 0) is 9.84 Å². The topological polar surface area (TPSA) is 64.6 Å². The molecule has 0 aromatic heterocycles. The second kappa shape index (κ2) is 5.26. The molecule has 1 fully saturated rings. The van der Waals surface area contributed by atoms with Crippen molar-refractivity contribution >= 4 is 9.84 Å². The van der Waals surface area contributed by atoms with Crippen molar-refractivity contribution in [1.29, 1.82) is 0 Å². The maximum atomic E-state index is 11.7. The van der Waals surface area contributed by atoms with Gasteiger partial charge in [0.05, 0.1) is 11.5 Å². The maximum Gasteiger partial charge on any atom is 0.161 e. The molecule has 3 rings (SSSR count). The van der Waals surface area contributed by atoms with Crippen LogP contribution in [0.5, 0.6) is 11.5 Å². The quantitative estimate of drug-likeness (QED) is 0.907. The average molecular weight is 297 g/mol. The largest absolute Gasteiger partial charge is 0.486 e. The van der Waals surface area contributed by atoms with Gasteiger partial charge in [0.2, 0.25) is 0 Å². The first-order valence-corrected chi connectivity index (χ1v) is 8.68. The van der Waals surface area contributed by atoms with E-state index in [1.54, 1.807) is 0 Å². The molecule has 0 radical (unpaired) electrons. The molecule has 0 aliphatic carbocycles. The van der Waals surface area contributed by atoms with Gasteiger partial charge in [-0.15, -0.1) is 0 Å². The van der Waals surface area contributed by atoms with Crippen molar-refractivity contribution in [2.45, 2.75) is 12.5 Å². The van der Waals surface area contributed by atoms with Crippen LogP contribution in [0.15, 0.2) is 18.2 Å². The number of nitrogens with one attached hydrogen (secondary N) is 1. The van der Waals surface area contributed by atoms with Crippen molar-refractivity contribution in [1.82, 2.24) is 5.32 Å². The molecule has 20 heavy (non-hydrogen) atoms. The van der Waals surface area contributed by atoms with Crippen LogP contribution in [0.25, 0.3) is 0 Å². The Bertz CT molecular complexity index is 599. The molecule has 0 amide bonds. The van der Waals surface area contributed by atoms with Gasteiger partial charge in [0, 0.05) is 6.04 Å². The van der Waals surface area contributed by atoms with E-state index in [4.69, 9.17) is 9.47 Å². The minimum atomic E-state index is -2.87. The first kappa shape index (κ1) is 13.7. The van der Waals surface area contributed by atoms with Crippen molar-refractivity contribution in [3.63, 3.8) is 0 Å². The third kappa shape index (κ3) is 2.62. The molecule has 1 N–H and O–H groups in total. The smallest absolute Gasteiger partial charge is 0.161 e. The molecule has 0 spiro atoms. The average Bonchev–Trinajstić information content (AvgIpc) is 2.80. The molecule has 2 heterocycles.